The molecule has 13 nitrogen and oxygen atoms in total. The van der Waals surface area contributed by atoms with Gasteiger partial charge in [0.25, 0.3) is 21.3 Å². The van der Waals surface area contributed by atoms with Gasteiger partial charge in [0.05, 0.1) is 26.9 Å². The highest BCUT2D eigenvalue weighted by Crippen LogP contribution is 2.22. The molecule has 0 saturated heterocycles. The average Bonchev–Trinajstić information content (AvgIpc) is 3.10. The van der Waals surface area contributed by atoms with E-state index in [9.17, 15) is 23.3 Å². The minimum Gasteiger partial charge on any atom is -0.293 e. The molecule has 0 bridgehead atoms. The van der Waals surface area contributed by atoms with Gasteiger partial charge in [-0.15, -0.1) is 5.11 Å². The molecule has 14 heteroatoms. The molecular formula is C22H20N8O5S. The molecular weight excluding hydrogens is 488 g/mol. The van der Waals surface area contributed by atoms with Crippen LogP contribution in [0.2, 0.25) is 0 Å². The SMILES string of the molecule is Cc1cc(C)nc(NS(=O)(=O)c2ccc(N=Nc3c(C)[nH]n(-c4ccc([N+](=O)[O-])cc4)c3=O)cc2)n1. The number of azo groups is 1. The lowest BCUT2D eigenvalue weighted by Gasteiger charge is -2.08. The number of aryl methyl sites for hydroxylation is 3. The summed E-state index contributed by atoms with van der Waals surface area (Å²) in [7, 11) is -3.93. The smallest absolute Gasteiger partial charge is 0.293 e. The summed E-state index contributed by atoms with van der Waals surface area (Å²) in [4.78, 5) is 31.2. The van der Waals surface area contributed by atoms with Gasteiger partial charge in [0, 0.05) is 23.5 Å². The Morgan fingerprint density at radius 3 is 2.17 bits per heavy atom. The highest BCUT2D eigenvalue weighted by atomic mass is 32.2. The van der Waals surface area contributed by atoms with Crippen molar-refractivity contribution in [2.75, 3.05) is 4.72 Å². The van der Waals surface area contributed by atoms with E-state index in [1.807, 2.05) is 0 Å². The number of nitrogens with one attached hydrogen (secondary N) is 2. The van der Waals surface area contributed by atoms with Crippen molar-refractivity contribution in [3.63, 3.8) is 0 Å². The third-order valence-corrected chi connectivity index (χ3v) is 6.32. The maximum Gasteiger partial charge on any atom is 0.299 e. The van der Waals surface area contributed by atoms with Crippen LogP contribution in [0.3, 0.4) is 0 Å². The number of nitrogens with zero attached hydrogens (tertiary/aromatic N) is 6. The summed E-state index contributed by atoms with van der Waals surface area (Å²) < 4.78 is 28.9. The maximum absolute atomic E-state index is 12.8. The minimum atomic E-state index is -3.93. The van der Waals surface area contributed by atoms with Crippen LogP contribution < -0.4 is 10.3 Å². The topological polar surface area (TPSA) is 178 Å². The molecule has 0 amide bonds. The van der Waals surface area contributed by atoms with Gasteiger partial charge in [0.15, 0.2) is 5.69 Å². The fourth-order valence-corrected chi connectivity index (χ4v) is 4.25. The second kappa shape index (κ2) is 9.50. The average molecular weight is 509 g/mol. The van der Waals surface area contributed by atoms with Crippen LogP contribution >= 0.6 is 0 Å². The molecule has 2 aromatic heterocycles. The van der Waals surface area contributed by atoms with Gasteiger partial charge in [-0.3, -0.25) is 20.0 Å². The zero-order valence-corrected chi connectivity index (χ0v) is 20.1. The van der Waals surface area contributed by atoms with Gasteiger partial charge in [-0.05, 0) is 63.2 Å². The zero-order chi connectivity index (χ0) is 26.0. The number of sulfonamides is 1. The van der Waals surface area contributed by atoms with Crippen molar-refractivity contribution >= 4 is 33.0 Å². The molecule has 2 heterocycles. The van der Waals surface area contributed by atoms with Gasteiger partial charge in [-0.2, -0.15) is 5.11 Å². The summed E-state index contributed by atoms with van der Waals surface area (Å²) in [6.07, 6.45) is 0. The number of H-pyrrole nitrogens is 1. The highest BCUT2D eigenvalue weighted by molar-refractivity contribution is 7.92. The van der Waals surface area contributed by atoms with Gasteiger partial charge in [0.1, 0.15) is 0 Å². The third kappa shape index (κ3) is 5.17. The van der Waals surface area contributed by atoms with E-state index in [1.54, 1.807) is 26.8 Å². The summed E-state index contributed by atoms with van der Waals surface area (Å²) in [6, 6.07) is 12.8. The van der Waals surface area contributed by atoms with E-state index < -0.39 is 20.5 Å². The number of non-ortho nitro benzene ring substituents is 1. The Labute approximate surface area is 204 Å². The molecule has 2 N–H and O–H groups in total. The Balaban J connectivity index is 1.54. The van der Waals surface area contributed by atoms with Gasteiger partial charge in [-0.25, -0.2) is 27.8 Å². The molecule has 0 atom stereocenters. The molecule has 0 aliphatic rings. The molecule has 2 aromatic carbocycles. The van der Waals surface area contributed by atoms with Crippen molar-refractivity contribution in [1.29, 1.82) is 0 Å². The fourth-order valence-electron chi connectivity index (χ4n) is 3.31. The quantitative estimate of drug-likeness (QED) is 0.215. The number of hydrogen-bond donors (Lipinski definition) is 2. The van der Waals surface area contributed by atoms with Crippen LogP contribution in [0.5, 0.6) is 0 Å². The van der Waals surface area contributed by atoms with E-state index in [2.05, 4.69) is 30.0 Å². The van der Waals surface area contributed by atoms with Crippen molar-refractivity contribution in [2.45, 2.75) is 25.7 Å². The number of rotatable bonds is 7. The Bertz CT molecular complexity index is 1620. The summed E-state index contributed by atoms with van der Waals surface area (Å²) in [5.41, 5.74) is 1.84. The summed E-state index contributed by atoms with van der Waals surface area (Å²) >= 11 is 0. The normalized spacial score (nSPS) is 11.6. The number of aromatic amines is 1. The number of benzene rings is 2. The first kappa shape index (κ1) is 24.4. The Hall–Kier alpha value is -4.72. The van der Waals surface area contributed by atoms with Crippen LogP contribution in [0.4, 0.5) is 23.0 Å². The second-order valence-electron chi connectivity index (χ2n) is 7.77. The van der Waals surface area contributed by atoms with E-state index in [1.165, 1.54) is 53.2 Å². The first-order valence-electron chi connectivity index (χ1n) is 10.5. The summed E-state index contributed by atoms with van der Waals surface area (Å²) in [5.74, 6) is -0.0245. The van der Waals surface area contributed by atoms with Gasteiger partial charge < -0.3 is 0 Å². The van der Waals surface area contributed by atoms with Crippen molar-refractivity contribution in [2.24, 2.45) is 10.2 Å². The molecule has 4 rings (SSSR count). The molecule has 0 unspecified atom stereocenters. The Morgan fingerprint density at radius 1 is 0.972 bits per heavy atom. The summed E-state index contributed by atoms with van der Waals surface area (Å²) in [5, 5.41) is 21.7. The van der Waals surface area contributed by atoms with E-state index in [4.69, 9.17) is 0 Å². The van der Waals surface area contributed by atoms with Gasteiger partial charge >= 0.3 is 0 Å². The molecule has 0 aliphatic carbocycles. The van der Waals surface area contributed by atoms with Crippen molar-refractivity contribution in [3.8, 4) is 5.69 Å². The van der Waals surface area contributed by atoms with Crippen LogP contribution in [-0.4, -0.2) is 33.1 Å². The molecule has 184 valence electrons. The van der Waals surface area contributed by atoms with Crippen LogP contribution in [0.15, 0.2) is 74.5 Å². The van der Waals surface area contributed by atoms with Crippen molar-refractivity contribution in [3.05, 3.63) is 92.1 Å². The maximum atomic E-state index is 12.8. The minimum absolute atomic E-state index is 0.0245. The van der Waals surface area contributed by atoms with Crippen LogP contribution in [0.1, 0.15) is 17.1 Å². The molecule has 4 aromatic rings. The zero-order valence-electron chi connectivity index (χ0n) is 19.3. The van der Waals surface area contributed by atoms with E-state index >= 15 is 0 Å². The first-order valence-corrected chi connectivity index (χ1v) is 12.0. The lowest BCUT2D eigenvalue weighted by molar-refractivity contribution is -0.384. The van der Waals surface area contributed by atoms with Crippen LogP contribution in [-0.2, 0) is 10.0 Å². The molecule has 36 heavy (non-hydrogen) atoms. The molecule has 0 spiro atoms. The molecule has 0 fully saturated rings. The number of nitro groups is 1. The monoisotopic (exact) mass is 508 g/mol. The van der Waals surface area contributed by atoms with Crippen LogP contribution in [0.25, 0.3) is 5.69 Å². The highest BCUT2D eigenvalue weighted by Gasteiger charge is 2.17. The number of hydrogen-bond acceptors (Lipinski definition) is 9. The fraction of sp³-hybridized carbons (Fsp3) is 0.136. The van der Waals surface area contributed by atoms with E-state index in [-0.39, 0.29) is 22.2 Å². The van der Waals surface area contributed by atoms with Gasteiger partial charge in [0.2, 0.25) is 5.95 Å². The molecule has 0 aliphatic heterocycles. The van der Waals surface area contributed by atoms with Crippen molar-refractivity contribution in [1.82, 2.24) is 19.7 Å². The van der Waals surface area contributed by atoms with Gasteiger partial charge in [-0.1, -0.05) is 0 Å². The number of anilines is 1. The predicted octanol–water partition coefficient (Wildman–Crippen LogP) is 4.01. The summed E-state index contributed by atoms with van der Waals surface area (Å²) in [6.45, 7) is 5.10. The first-order chi connectivity index (χ1) is 17.0. The molecule has 0 saturated carbocycles. The third-order valence-electron chi connectivity index (χ3n) is 4.98. The predicted molar refractivity (Wildman–Crippen MR) is 131 cm³/mol. The Morgan fingerprint density at radius 2 is 1.58 bits per heavy atom. The van der Waals surface area contributed by atoms with E-state index in [0.29, 0.717) is 28.5 Å². The lowest BCUT2D eigenvalue weighted by atomic mass is 10.3. The molecule has 0 radical (unpaired) electrons. The van der Waals surface area contributed by atoms with Crippen LogP contribution in [0, 0.1) is 30.9 Å². The largest absolute Gasteiger partial charge is 0.299 e. The standard InChI is InChI=1S/C22H20N8O5S/c1-13-12-14(2)24-22(23-13)28-36(34,35)19-10-4-16(5-11-19)25-26-20-15(3)27-29(21(20)31)17-6-8-18(9-7-17)30(32)33/h4-12,27H,1-3H3,(H,23,24,28). The van der Waals surface area contributed by atoms with E-state index in [0.717, 1.165) is 0 Å². The second-order valence-corrected chi connectivity index (χ2v) is 9.46. The number of aromatic nitrogens is 4. The van der Waals surface area contributed by atoms with Crippen molar-refractivity contribution < 1.29 is 13.3 Å². The lowest BCUT2D eigenvalue weighted by Crippen LogP contribution is -2.15. The Kier molecular flexibility index (Phi) is 6.44. The number of nitro benzene ring substituents is 1.